The summed E-state index contributed by atoms with van der Waals surface area (Å²) >= 11 is 10.8. The fraction of sp³-hybridized carbons (Fsp3) is 0. The lowest BCUT2D eigenvalue weighted by Gasteiger charge is -2.00. The molecule has 0 aliphatic rings. The third-order valence-electron chi connectivity index (χ3n) is 3.10. The van der Waals surface area contributed by atoms with E-state index in [1.54, 1.807) is 22.7 Å². The zero-order valence-corrected chi connectivity index (χ0v) is 13.8. The maximum atomic E-state index is 3.58. The molecule has 4 aromatic rings. The van der Waals surface area contributed by atoms with Crippen molar-refractivity contribution in [3.63, 3.8) is 0 Å². The summed E-state index contributed by atoms with van der Waals surface area (Å²) in [5, 5.41) is 5.33. The van der Waals surface area contributed by atoms with E-state index in [4.69, 9.17) is 0 Å². The molecule has 0 saturated carbocycles. The summed E-state index contributed by atoms with van der Waals surface area (Å²) in [7, 11) is 0. The molecule has 0 N–H and O–H groups in total. The summed E-state index contributed by atoms with van der Waals surface area (Å²) in [6, 6.07) is 13.3. The molecule has 0 saturated heterocycles. The van der Waals surface area contributed by atoms with E-state index in [0.717, 1.165) is 0 Å². The van der Waals surface area contributed by atoms with Crippen LogP contribution in [0.2, 0.25) is 0 Å². The van der Waals surface area contributed by atoms with Gasteiger partial charge in [0, 0.05) is 20.2 Å². The minimum absolute atomic E-state index is 1.19. The van der Waals surface area contributed by atoms with Crippen LogP contribution in [-0.4, -0.2) is 0 Å². The van der Waals surface area contributed by atoms with Crippen molar-refractivity contribution in [3.8, 4) is 0 Å². The summed E-state index contributed by atoms with van der Waals surface area (Å²) in [5.74, 6) is 0. The first-order valence-corrected chi connectivity index (χ1v) is 8.64. The van der Waals surface area contributed by atoms with E-state index in [1.165, 1.54) is 38.5 Å². The molecule has 0 fully saturated rings. The lowest BCUT2D eigenvalue weighted by atomic mass is 10.1. The van der Waals surface area contributed by atoms with Crippen molar-refractivity contribution in [1.29, 1.82) is 0 Å². The summed E-state index contributed by atoms with van der Waals surface area (Å²) in [6.45, 7) is 0. The van der Waals surface area contributed by atoms with Crippen LogP contribution in [0.4, 0.5) is 0 Å². The summed E-state index contributed by atoms with van der Waals surface area (Å²) in [5.41, 5.74) is 0. The van der Waals surface area contributed by atoms with E-state index in [1.807, 2.05) is 0 Å². The normalized spacial score (nSPS) is 11.9. The Morgan fingerprint density at radius 3 is 1.56 bits per heavy atom. The van der Waals surface area contributed by atoms with Crippen LogP contribution in [-0.2, 0) is 0 Å². The molecular weight excluding hydrogens is 392 g/mol. The van der Waals surface area contributed by atoms with Crippen LogP contribution in [0.15, 0.2) is 44.0 Å². The molecule has 2 aromatic heterocycles. The third kappa shape index (κ3) is 1.59. The van der Waals surface area contributed by atoms with Crippen LogP contribution in [0.1, 0.15) is 0 Å². The molecule has 0 aliphatic carbocycles. The highest BCUT2D eigenvalue weighted by molar-refractivity contribution is 9.11. The van der Waals surface area contributed by atoms with Gasteiger partial charge in [-0.15, -0.1) is 22.7 Å². The molecule has 0 radical (unpaired) electrons. The maximum absolute atomic E-state index is 3.58. The molecule has 0 unspecified atom stereocenters. The van der Waals surface area contributed by atoms with Gasteiger partial charge in [0.1, 0.15) is 0 Å². The smallest absolute Gasteiger partial charge is 0.0711 e. The van der Waals surface area contributed by atoms with Crippen LogP contribution >= 0.6 is 54.5 Å². The molecule has 4 rings (SSSR count). The van der Waals surface area contributed by atoms with Gasteiger partial charge in [-0.25, -0.2) is 0 Å². The van der Waals surface area contributed by atoms with Gasteiger partial charge in [0.15, 0.2) is 0 Å². The largest absolute Gasteiger partial charge is 0.128 e. The molecule has 2 heterocycles. The van der Waals surface area contributed by atoms with Crippen molar-refractivity contribution in [2.75, 3.05) is 0 Å². The first-order valence-electron chi connectivity index (χ1n) is 5.42. The van der Waals surface area contributed by atoms with Gasteiger partial charge in [0.25, 0.3) is 0 Å². The van der Waals surface area contributed by atoms with Gasteiger partial charge in [-0.1, -0.05) is 24.3 Å². The number of fused-ring (bicyclic) bond motifs is 5. The highest BCUT2D eigenvalue weighted by Gasteiger charge is 2.09. The van der Waals surface area contributed by atoms with E-state index in [2.05, 4.69) is 68.3 Å². The molecule has 4 heteroatoms. The Morgan fingerprint density at radius 2 is 1.11 bits per heavy atom. The topological polar surface area (TPSA) is 0 Å². The Labute approximate surface area is 128 Å². The molecule has 0 aliphatic heterocycles. The minimum atomic E-state index is 1.19. The second-order valence-electron chi connectivity index (χ2n) is 4.16. The van der Waals surface area contributed by atoms with Gasteiger partial charge in [0.05, 0.1) is 7.57 Å². The molecule has 0 spiro atoms. The van der Waals surface area contributed by atoms with E-state index < -0.39 is 0 Å². The Bertz CT molecular complexity index is 826. The Morgan fingerprint density at radius 1 is 0.667 bits per heavy atom. The SMILES string of the molecule is Brc1cc2ccc3c(ccc4cc(Br)sc43)c2s1. The van der Waals surface area contributed by atoms with E-state index in [9.17, 15) is 0 Å². The Hall–Kier alpha value is -0.420. The number of benzene rings is 2. The number of rotatable bonds is 0. The molecular formula is C14H6Br2S2. The lowest BCUT2D eigenvalue weighted by Crippen LogP contribution is -1.72. The molecule has 88 valence electrons. The standard InChI is InChI=1S/C14H6Br2S2/c15-11-5-7-1-3-9-10(13(7)17-11)4-2-8-6-12(16)18-14(8)9/h1-6H. The zero-order valence-electron chi connectivity index (χ0n) is 9.04. The predicted octanol–water partition coefficient (Wildman–Crippen LogP) is 6.79. The lowest BCUT2D eigenvalue weighted by molar-refractivity contribution is 1.92. The summed E-state index contributed by atoms with van der Waals surface area (Å²) in [6.07, 6.45) is 0. The number of halogens is 2. The summed E-state index contributed by atoms with van der Waals surface area (Å²) in [4.78, 5) is 0. The van der Waals surface area contributed by atoms with Gasteiger partial charge in [-0.05, 0) is 54.8 Å². The quantitative estimate of drug-likeness (QED) is 0.306. The van der Waals surface area contributed by atoms with Crippen molar-refractivity contribution in [1.82, 2.24) is 0 Å². The van der Waals surface area contributed by atoms with Crippen LogP contribution in [0.25, 0.3) is 30.9 Å². The molecule has 0 atom stereocenters. The minimum Gasteiger partial charge on any atom is -0.128 e. The first-order chi connectivity index (χ1) is 8.72. The van der Waals surface area contributed by atoms with Gasteiger partial charge < -0.3 is 0 Å². The molecule has 18 heavy (non-hydrogen) atoms. The van der Waals surface area contributed by atoms with Crippen LogP contribution in [0.5, 0.6) is 0 Å². The van der Waals surface area contributed by atoms with Crippen molar-refractivity contribution in [3.05, 3.63) is 44.0 Å². The molecule has 2 aromatic carbocycles. The van der Waals surface area contributed by atoms with Crippen molar-refractivity contribution in [2.24, 2.45) is 0 Å². The van der Waals surface area contributed by atoms with Crippen LogP contribution in [0.3, 0.4) is 0 Å². The zero-order chi connectivity index (χ0) is 12.3. The van der Waals surface area contributed by atoms with Gasteiger partial charge >= 0.3 is 0 Å². The van der Waals surface area contributed by atoms with Crippen molar-refractivity contribution in [2.45, 2.75) is 0 Å². The van der Waals surface area contributed by atoms with Crippen LogP contribution < -0.4 is 0 Å². The first kappa shape index (κ1) is 11.4. The fourth-order valence-electron chi connectivity index (χ4n) is 2.34. The second-order valence-corrected chi connectivity index (χ2v) is 9.03. The highest BCUT2D eigenvalue weighted by atomic mass is 79.9. The highest BCUT2D eigenvalue weighted by Crippen LogP contribution is 2.40. The monoisotopic (exact) mass is 396 g/mol. The van der Waals surface area contributed by atoms with E-state index >= 15 is 0 Å². The van der Waals surface area contributed by atoms with Gasteiger partial charge in [-0.2, -0.15) is 0 Å². The van der Waals surface area contributed by atoms with Crippen molar-refractivity contribution >= 4 is 85.5 Å². The number of thiophene rings is 2. The van der Waals surface area contributed by atoms with E-state index in [0.29, 0.717) is 0 Å². The fourth-order valence-corrected chi connectivity index (χ4v) is 5.63. The number of hydrogen-bond donors (Lipinski definition) is 0. The second kappa shape index (κ2) is 4.04. The Kier molecular flexibility index (Phi) is 2.56. The molecule has 0 bridgehead atoms. The van der Waals surface area contributed by atoms with E-state index in [-0.39, 0.29) is 0 Å². The average molecular weight is 398 g/mol. The number of hydrogen-bond acceptors (Lipinski definition) is 2. The predicted molar refractivity (Wildman–Crippen MR) is 90.1 cm³/mol. The Balaban J connectivity index is 2.29. The van der Waals surface area contributed by atoms with Crippen molar-refractivity contribution < 1.29 is 0 Å². The van der Waals surface area contributed by atoms with Crippen LogP contribution in [0, 0.1) is 0 Å². The average Bonchev–Trinajstić information content (AvgIpc) is 2.89. The van der Waals surface area contributed by atoms with Gasteiger partial charge in [-0.3, -0.25) is 0 Å². The maximum Gasteiger partial charge on any atom is 0.0711 e. The van der Waals surface area contributed by atoms with Gasteiger partial charge in [0.2, 0.25) is 0 Å². The molecule has 0 amide bonds. The third-order valence-corrected chi connectivity index (χ3v) is 6.47. The molecule has 0 nitrogen and oxygen atoms in total. The summed E-state index contributed by atoms with van der Waals surface area (Å²) < 4.78 is 5.12.